The number of imide groups is 1. The minimum absolute atomic E-state index is 0.154. The van der Waals surface area contributed by atoms with E-state index in [1.165, 1.54) is 4.90 Å². The topological polar surface area (TPSA) is 67.9 Å². The van der Waals surface area contributed by atoms with Gasteiger partial charge in [-0.2, -0.15) is 0 Å². The molecule has 1 aliphatic heterocycles. The van der Waals surface area contributed by atoms with Crippen LogP contribution in [0.1, 0.15) is 13.3 Å². The van der Waals surface area contributed by atoms with E-state index in [4.69, 9.17) is 9.47 Å². The molecule has 0 spiro atoms. The molecule has 6 heteroatoms. The standard InChI is InChI=1S/C11H20N2O4/c1-9-11(15)13(10(14)8-12-9)4-3-5-17-7-6-16-2/h9,12H,3-8H2,1-2H3. The van der Waals surface area contributed by atoms with E-state index < -0.39 is 0 Å². The molecule has 17 heavy (non-hydrogen) atoms. The molecule has 0 saturated carbocycles. The molecule has 1 fully saturated rings. The van der Waals surface area contributed by atoms with E-state index in [9.17, 15) is 9.59 Å². The van der Waals surface area contributed by atoms with Gasteiger partial charge < -0.3 is 9.47 Å². The van der Waals surface area contributed by atoms with Crippen LogP contribution in [0.25, 0.3) is 0 Å². The maximum Gasteiger partial charge on any atom is 0.246 e. The van der Waals surface area contributed by atoms with E-state index in [-0.39, 0.29) is 24.4 Å². The number of ether oxygens (including phenoxy) is 2. The molecule has 1 heterocycles. The van der Waals surface area contributed by atoms with E-state index >= 15 is 0 Å². The zero-order valence-corrected chi connectivity index (χ0v) is 10.4. The maximum atomic E-state index is 11.7. The Labute approximate surface area is 101 Å². The van der Waals surface area contributed by atoms with Crippen molar-refractivity contribution in [2.45, 2.75) is 19.4 Å². The van der Waals surface area contributed by atoms with Crippen molar-refractivity contribution >= 4 is 11.8 Å². The molecular formula is C11H20N2O4. The largest absolute Gasteiger partial charge is 0.382 e. The molecule has 1 saturated heterocycles. The number of amides is 2. The number of hydrogen-bond acceptors (Lipinski definition) is 5. The predicted molar refractivity (Wildman–Crippen MR) is 61.5 cm³/mol. The summed E-state index contributed by atoms with van der Waals surface area (Å²) < 4.78 is 10.1. The van der Waals surface area contributed by atoms with Crippen LogP contribution in [0, 0.1) is 0 Å². The maximum absolute atomic E-state index is 11.7. The van der Waals surface area contributed by atoms with Crippen molar-refractivity contribution < 1.29 is 19.1 Å². The highest BCUT2D eigenvalue weighted by atomic mass is 16.5. The Hall–Kier alpha value is -0.980. The molecule has 98 valence electrons. The first-order valence-corrected chi connectivity index (χ1v) is 5.81. The molecule has 6 nitrogen and oxygen atoms in total. The van der Waals surface area contributed by atoms with Gasteiger partial charge in [0.05, 0.1) is 25.8 Å². The first-order chi connectivity index (χ1) is 8.16. The molecule has 1 N–H and O–H groups in total. The molecule has 1 atom stereocenters. The van der Waals surface area contributed by atoms with Crippen LogP contribution >= 0.6 is 0 Å². The fourth-order valence-electron chi connectivity index (χ4n) is 1.58. The number of rotatable bonds is 7. The zero-order valence-electron chi connectivity index (χ0n) is 10.4. The molecule has 0 aliphatic carbocycles. The van der Waals surface area contributed by atoms with Crippen molar-refractivity contribution in [3.05, 3.63) is 0 Å². The van der Waals surface area contributed by atoms with Crippen molar-refractivity contribution in [3.8, 4) is 0 Å². The summed E-state index contributed by atoms with van der Waals surface area (Å²) in [6.07, 6.45) is 0.661. The second-order valence-corrected chi connectivity index (χ2v) is 3.94. The normalized spacial score (nSPS) is 21.1. The van der Waals surface area contributed by atoms with Gasteiger partial charge in [0.1, 0.15) is 0 Å². The van der Waals surface area contributed by atoms with Gasteiger partial charge in [-0.05, 0) is 13.3 Å². The summed E-state index contributed by atoms with van der Waals surface area (Å²) in [6, 6.07) is -0.276. The van der Waals surface area contributed by atoms with Crippen LogP contribution < -0.4 is 5.32 Å². The number of carbonyl (C=O) groups excluding carboxylic acids is 2. The molecule has 0 radical (unpaired) electrons. The van der Waals surface area contributed by atoms with Gasteiger partial charge in [-0.3, -0.25) is 19.8 Å². The number of nitrogens with one attached hydrogen (secondary N) is 1. The molecule has 0 aromatic rings. The van der Waals surface area contributed by atoms with Crippen LogP contribution in [0.5, 0.6) is 0 Å². The lowest BCUT2D eigenvalue weighted by Crippen LogP contribution is -2.57. The zero-order chi connectivity index (χ0) is 12.7. The average molecular weight is 244 g/mol. The molecular weight excluding hydrogens is 224 g/mol. The smallest absolute Gasteiger partial charge is 0.246 e. The summed E-state index contributed by atoms with van der Waals surface area (Å²) in [5, 5.41) is 2.84. The first kappa shape index (κ1) is 14.1. The predicted octanol–water partition coefficient (Wildman–Crippen LogP) is -0.614. The number of methoxy groups -OCH3 is 1. The van der Waals surface area contributed by atoms with Crippen molar-refractivity contribution in [1.82, 2.24) is 10.2 Å². The molecule has 0 bridgehead atoms. The van der Waals surface area contributed by atoms with E-state index in [0.717, 1.165) is 0 Å². The van der Waals surface area contributed by atoms with E-state index in [1.807, 2.05) is 0 Å². The lowest BCUT2D eigenvalue weighted by atomic mass is 10.2. The quantitative estimate of drug-likeness (QED) is 0.478. The third-order valence-electron chi connectivity index (χ3n) is 2.60. The SMILES string of the molecule is COCCOCCCN1C(=O)CNC(C)C1=O. The Morgan fingerprint density at radius 2 is 2.12 bits per heavy atom. The lowest BCUT2D eigenvalue weighted by molar-refractivity contribution is -0.149. The van der Waals surface area contributed by atoms with Gasteiger partial charge in [-0.1, -0.05) is 0 Å². The van der Waals surface area contributed by atoms with Gasteiger partial charge in [0.25, 0.3) is 0 Å². The van der Waals surface area contributed by atoms with Gasteiger partial charge in [0.15, 0.2) is 0 Å². The van der Waals surface area contributed by atoms with E-state index in [2.05, 4.69) is 5.32 Å². The Morgan fingerprint density at radius 1 is 1.35 bits per heavy atom. The Balaban J connectivity index is 2.20. The van der Waals surface area contributed by atoms with Crippen LogP contribution in [0.2, 0.25) is 0 Å². The number of nitrogens with zero attached hydrogens (tertiary/aromatic N) is 1. The highest BCUT2D eigenvalue weighted by Crippen LogP contribution is 2.03. The summed E-state index contributed by atoms with van der Waals surface area (Å²) in [4.78, 5) is 24.5. The number of carbonyl (C=O) groups is 2. The molecule has 1 aliphatic rings. The molecule has 0 aromatic heterocycles. The monoisotopic (exact) mass is 244 g/mol. The van der Waals surface area contributed by atoms with Crippen molar-refractivity contribution in [1.29, 1.82) is 0 Å². The van der Waals surface area contributed by atoms with Gasteiger partial charge in [0.2, 0.25) is 11.8 Å². The van der Waals surface area contributed by atoms with Gasteiger partial charge in [-0.25, -0.2) is 0 Å². The summed E-state index contributed by atoms with van der Waals surface area (Å²) in [6.45, 7) is 4.05. The van der Waals surface area contributed by atoms with Crippen molar-refractivity contribution in [2.24, 2.45) is 0 Å². The third-order valence-corrected chi connectivity index (χ3v) is 2.60. The average Bonchev–Trinajstić information content (AvgIpc) is 2.32. The van der Waals surface area contributed by atoms with Crippen LogP contribution in [0.3, 0.4) is 0 Å². The van der Waals surface area contributed by atoms with Gasteiger partial charge in [-0.15, -0.1) is 0 Å². The van der Waals surface area contributed by atoms with Crippen molar-refractivity contribution in [3.63, 3.8) is 0 Å². The Bertz CT molecular complexity index is 270. The molecule has 2 amide bonds. The second-order valence-electron chi connectivity index (χ2n) is 3.94. The van der Waals surface area contributed by atoms with Crippen LogP contribution in [-0.2, 0) is 19.1 Å². The van der Waals surface area contributed by atoms with Crippen molar-refractivity contribution in [2.75, 3.05) is 40.0 Å². The van der Waals surface area contributed by atoms with Crippen LogP contribution in [0.15, 0.2) is 0 Å². The summed E-state index contributed by atoms with van der Waals surface area (Å²) in [5.74, 6) is -0.317. The molecule has 0 aromatic carbocycles. The van der Waals surface area contributed by atoms with Gasteiger partial charge >= 0.3 is 0 Å². The summed E-state index contributed by atoms with van der Waals surface area (Å²) >= 11 is 0. The fourth-order valence-corrected chi connectivity index (χ4v) is 1.58. The molecule has 1 rings (SSSR count). The van der Waals surface area contributed by atoms with Crippen LogP contribution in [-0.4, -0.2) is 62.8 Å². The minimum Gasteiger partial charge on any atom is -0.382 e. The Kier molecular flexibility index (Phi) is 6.10. The summed E-state index contributed by atoms with van der Waals surface area (Å²) in [7, 11) is 1.61. The second kappa shape index (κ2) is 7.37. The first-order valence-electron chi connectivity index (χ1n) is 5.81. The third kappa shape index (κ3) is 4.41. The lowest BCUT2D eigenvalue weighted by Gasteiger charge is -2.29. The number of piperazine rings is 1. The van der Waals surface area contributed by atoms with Crippen LogP contribution in [0.4, 0.5) is 0 Å². The van der Waals surface area contributed by atoms with E-state index in [1.54, 1.807) is 14.0 Å². The minimum atomic E-state index is -0.276. The van der Waals surface area contributed by atoms with Gasteiger partial charge in [0, 0.05) is 20.3 Å². The number of hydrogen-bond donors (Lipinski definition) is 1. The Morgan fingerprint density at radius 3 is 2.82 bits per heavy atom. The van der Waals surface area contributed by atoms with E-state index in [0.29, 0.717) is 32.8 Å². The fraction of sp³-hybridized carbons (Fsp3) is 0.818. The molecule has 1 unspecified atom stereocenters. The highest BCUT2D eigenvalue weighted by Gasteiger charge is 2.30. The summed E-state index contributed by atoms with van der Waals surface area (Å²) in [5.41, 5.74) is 0. The highest BCUT2D eigenvalue weighted by molar-refractivity contribution is 6.00.